The summed E-state index contributed by atoms with van der Waals surface area (Å²) >= 11 is 0. The van der Waals surface area contributed by atoms with E-state index in [1.807, 2.05) is 6.20 Å². The van der Waals surface area contributed by atoms with Gasteiger partial charge < -0.3 is 9.88 Å². The Hall–Kier alpha value is -1.42. The molecule has 0 saturated heterocycles. The molecule has 0 aliphatic carbocycles. The summed E-state index contributed by atoms with van der Waals surface area (Å²) < 4.78 is 26.3. The number of aromatic amines is 1. The van der Waals surface area contributed by atoms with Crippen LogP contribution in [0.4, 0.5) is 8.78 Å². The van der Waals surface area contributed by atoms with Gasteiger partial charge in [-0.05, 0) is 38.1 Å². The van der Waals surface area contributed by atoms with Crippen LogP contribution < -0.4 is 0 Å². The topological polar surface area (TPSA) is 19.0 Å². The Bertz CT molecular complexity index is 534. The van der Waals surface area contributed by atoms with E-state index in [0.717, 1.165) is 36.9 Å². The summed E-state index contributed by atoms with van der Waals surface area (Å²) in [6.07, 6.45) is 3.79. The maximum Gasteiger partial charge on any atom is 0.160 e. The van der Waals surface area contributed by atoms with E-state index in [-0.39, 0.29) is 0 Å². The Labute approximate surface area is 106 Å². The number of aromatic nitrogens is 1. The Morgan fingerprint density at radius 3 is 2.61 bits per heavy atom. The lowest BCUT2D eigenvalue weighted by Crippen LogP contribution is -2.21. The molecular weight excluding hydrogens is 234 g/mol. The van der Waals surface area contributed by atoms with Crippen molar-refractivity contribution in [1.82, 2.24) is 9.88 Å². The lowest BCUT2D eigenvalue weighted by molar-refractivity contribution is 0.339. The number of likely N-dealkylation sites (N-methyl/N-ethyl adjacent to an activating group) is 1. The highest BCUT2D eigenvalue weighted by Crippen LogP contribution is 2.22. The van der Waals surface area contributed by atoms with Gasteiger partial charge in [0.1, 0.15) is 0 Å². The number of benzene rings is 1. The van der Waals surface area contributed by atoms with E-state index < -0.39 is 11.6 Å². The van der Waals surface area contributed by atoms with Crippen LogP contribution in [0.15, 0.2) is 18.3 Å². The zero-order chi connectivity index (χ0) is 13.1. The molecule has 2 rings (SSSR count). The van der Waals surface area contributed by atoms with Gasteiger partial charge in [0.25, 0.3) is 0 Å². The average Bonchev–Trinajstić information content (AvgIpc) is 2.70. The third-order valence-corrected chi connectivity index (χ3v) is 3.18. The predicted molar refractivity (Wildman–Crippen MR) is 69.7 cm³/mol. The van der Waals surface area contributed by atoms with Crippen LogP contribution >= 0.6 is 0 Å². The number of fused-ring (bicyclic) bond motifs is 1. The molecule has 0 saturated carbocycles. The minimum Gasteiger partial charge on any atom is -0.361 e. The van der Waals surface area contributed by atoms with Crippen molar-refractivity contribution in [1.29, 1.82) is 0 Å². The molecule has 18 heavy (non-hydrogen) atoms. The van der Waals surface area contributed by atoms with Crippen LogP contribution in [-0.4, -0.2) is 30.0 Å². The van der Waals surface area contributed by atoms with Crippen molar-refractivity contribution in [2.45, 2.75) is 19.8 Å². The number of hydrogen-bond donors (Lipinski definition) is 1. The highest BCUT2D eigenvalue weighted by atomic mass is 19.2. The van der Waals surface area contributed by atoms with Gasteiger partial charge in [0.15, 0.2) is 11.6 Å². The summed E-state index contributed by atoms with van der Waals surface area (Å²) in [5.74, 6) is -1.59. The van der Waals surface area contributed by atoms with Crippen molar-refractivity contribution < 1.29 is 8.78 Å². The van der Waals surface area contributed by atoms with Gasteiger partial charge >= 0.3 is 0 Å². The molecule has 0 unspecified atom stereocenters. The van der Waals surface area contributed by atoms with Crippen molar-refractivity contribution in [2.75, 3.05) is 20.1 Å². The third-order valence-electron chi connectivity index (χ3n) is 3.18. The first-order valence-electron chi connectivity index (χ1n) is 6.25. The van der Waals surface area contributed by atoms with Gasteiger partial charge in [0.05, 0.1) is 0 Å². The lowest BCUT2D eigenvalue weighted by atomic mass is 10.1. The second-order valence-electron chi connectivity index (χ2n) is 4.68. The first-order valence-corrected chi connectivity index (χ1v) is 6.25. The summed E-state index contributed by atoms with van der Waals surface area (Å²) in [7, 11) is 2.07. The van der Waals surface area contributed by atoms with Gasteiger partial charge in [-0.3, -0.25) is 0 Å². The van der Waals surface area contributed by atoms with E-state index in [4.69, 9.17) is 0 Å². The van der Waals surface area contributed by atoms with E-state index in [9.17, 15) is 8.78 Å². The molecule has 0 aliphatic heterocycles. The predicted octanol–water partition coefficient (Wildman–Crippen LogP) is 3.33. The van der Waals surface area contributed by atoms with Gasteiger partial charge in [-0.1, -0.05) is 6.92 Å². The minimum absolute atomic E-state index is 0.655. The largest absolute Gasteiger partial charge is 0.361 e. The Balaban J connectivity index is 2.16. The van der Waals surface area contributed by atoms with Crippen molar-refractivity contribution in [2.24, 2.45) is 0 Å². The van der Waals surface area contributed by atoms with Crippen LogP contribution in [0.3, 0.4) is 0 Å². The highest BCUT2D eigenvalue weighted by Gasteiger charge is 2.09. The van der Waals surface area contributed by atoms with E-state index in [1.165, 1.54) is 12.1 Å². The van der Waals surface area contributed by atoms with E-state index in [0.29, 0.717) is 5.52 Å². The fourth-order valence-corrected chi connectivity index (χ4v) is 2.19. The highest BCUT2D eigenvalue weighted by molar-refractivity contribution is 5.83. The van der Waals surface area contributed by atoms with E-state index in [2.05, 4.69) is 23.9 Å². The fourth-order valence-electron chi connectivity index (χ4n) is 2.19. The number of nitrogens with zero attached hydrogens (tertiary/aromatic N) is 1. The Morgan fingerprint density at radius 2 is 1.89 bits per heavy atom. The second-order valence-corrected chi connectivity index (χ2v) is 4.68. The van der Waals surface area contributed by atoms with Gasteiger partial charge in [-0.2, -0.15) is 0 Å². The van der Waals surface area contributed by atoms with E-state index >= 15 is 0 Å². The molecule has 0 atom stereocenters. The van der Waals surface area contributed by atoms with Crippen molar-refractivity contribution >= 4 is 10.9 Å². The lowest BCUT2D eigenvalue weighted by Gasteiger charge is -2.14. The Morgan fingerprint density at radius 1 is 1.17 bits per heavy atom. The molecular formula is C14H18F2N2. The third kappa shape index (κ3) is 2.70. The van der Waals surface area contributed by atoms with Crippen LogP contribution in [0.1, 0.15) is 18.9 Å². The number of rotatable bonds is 5. The smallest absolute Gasteiger partial charge is 0.160 e. The number of halogens is 2. The quantitative estimate of drug-likeness (QED) is 0.864. The SMILES string of the molecule is CCCN(C)CCc1c[nH]c2cc(F)c(F)cc12. The number of hydrogen-bond acceptors (Lipinski definition) is 1. The molecule has 0 spiro atoms. The molecule has 0 aliphatic rings. The molecule has 0 radical (unpaired) electrons. The zero-order valence-corrected chi connectivity index (χ0v) is 10.8. The molecule has 98 valence electrons. The summed E-state index contributed by atoms with van der Waals surface area (Å²) in [5.41, 5.74) is 1.69. The molecule has 0 bridgehead atoms. The van der Waals surface area contributed by atoms with E-state index in [1.54, 1.807) is 0 Å². The Kier molecular flexibility index (Phi) is 3.97. The first-order chi connectivity index (χ1) is 8.61. The minimum atomic E-state index is -0.806. The average molecular weight is 252 g/mol. The van der Waals surface area contributed by atoms with Crippen LogP contribution in [0, 0.1) is 11.6 Å². The van der Waals surface area contributed by atoms with Crippen LogP contribution in [0.2, 0.25) is 0 Å². The van der Waals surface area contributed by atoms with Crippen molar-refractivity contribution in [3.8, 4) is 0 Å². The molecule has 4 heteroatoms. The first kappa shape index (κ1) is 13.0. The fraction of sp³-hybridized carbons (Fsp3) is 0.429. The maximum absolute atomic E-state index is 13.2. The van der Waals surface area contributed by atoms with Crippen LogP contribution in [0.5, 0.6) is 0 Å². The molecule has 1 heterocycles. The summed E-state index contributed by atoms with van der Waals surface area (Å²) in [6, 6.07) is 2.49. The summed E-state index contributed by atoms with van der Waals surface area (Å²) in [5, 5.41) is 0.777. The molecule has 1 aromatic heterocycles. The molecule has 1 N–H and O–H groups in total. The molecule has 0 fully saturated rings. The normalized spacial score (nSPS) is 11.6. The molecule has 1 aromatic carbocycles. The molecule has 0 amide bonds. The maximum atomic E-state index is 13.2. The summed E-state index contributed by atoms with van der Waals surface area (Å²) in [4.78, 5) is 5.22. The van der Waals surface area contributed by atoms with Crippen molar-refractivity contribution in [3.05, 3.63) is 35.5 Å². The molecule has 2 aromatic rings. The standard InChI is InChI=1S/C14H18F2N2/c1-3-5-18(2)6-4-10-9-17-14-8-13(16)12(15)7-11(10)14/h7-9,17H,3-6H2,1-2H3. The van der Waals surface area contributed by atoms with Crippen molar-refractivity contribution in [3.63, 3.8) is 0 Å². The second kappa shape index (κ2) is 5.48. The van der Waals surface area contributed by atoms with Gasteiger partial charge in [-0.25, -0.2) is 8.78 Å². The summed E-state index contributed by atoms with van der Waals surface area (Å²) in [6.45, 7) is 4.10. The number of nitrogens with one attached hydrogen (secondary N) is 1. The number of H-pyrrole nitrogens is 1. The van der Waals surface area contributed by atoms with Gasteiger partial charge in [0.2, 0.25) is 0 Å². The monoisotopic (exact) mass is 252 g/mol. The van der Waals surface area contributed by atoms with Crippen LogP contribution in [-0.2, 0) is 6.42 Å². The molecule has 2 nitrogen and oxygen atoms in total. The van der Waals surface area contributed by atoms with Gasteiger partial charge in [0, 0.05) is 29.7 Å². The van der Waals surface area contributed by atoms with Crippen LogP contribution in [0.25, 0.3) is 10.9 Å². The zero-order valence-electron chi connectivity index (χ0n) is 10.8. The van der Waals surface area contributed by atoms with Gasteiger partial charge in [-0.15, -0.1) is 0 Å².